The molecule has 0 spiro atoms. The normalized spacial score (nSPS) is 14.1. The molecule has 0 N–H and O–H groups in total. The van der Waals surface area contributed by atoms with Gasteiger partial charge in [0.1, 0.15) is 11.6 Å². The van der Waals surface area contributed by atoms with E-state index in [-0.39, 0.29) is 12.2 Å². The molecule has 0 bridgehead atoms. The van der Waals surface area contributed by atoms with Crippen molar-refractivity contribution in [2.45, 2.75) is 25.4 Å². The summed E-state index contributed by atoms with van der Waals surface area (Å²) in [7, 11) is 0. The highest BCUT2D eigenvalue weighted by molar-refractivity contribution is 7.16. The fourth-order valence-electron chi connectivity index (χ4n) is 2.24. The lowest BCUT2D eigenvalue weighted by atomic mass is 10.2. The van der Waals surface area contributed by atoms with E-state index in [2.05, 4.69) is 10.1 Å². The molecule has 6 nitrogen and oxygen atoms in total. The van der Waals surface area contributed by atoms with Crippen molar-refractivity contribution < 1.29 is 9.53 Å². The maximum atomic E-state index is 12.1. The zero-order valence-corrected chi connectivity index (χ0v) is 13.0. The summed E-state index contributed by atoms with van der Waals surface area (Å²) in [5.41, 5.74) is 0.660. The number of hydrogen-bond donors (Lipinski definition) is 0. The SMILES string of the molecule is O=C(OCc1cc(=O)n2nc(C3CC3)sc2n1)c1ccccc1. The minimum atomic E-state index is -0.435. The van der Waals surface area contributed by atoms with E-state index in [9.17, 15) is 9.59 Å². The Labute approximate surface area is 135 Å². The van der Waals surface area contributed by atoms with Gasteiger partial charge in [0.15, 0.2) is 0 Å². The van der Waals surface area contributed by atoms with E-state index in [4.69, 9.17) is 4.74 Å². The van der Waals surface area contributed by atoms with Crippen molar-refractivity contribution in [3.05, 3.63) is 63.0 Å². The van der Waals surface area contributed by atoms with E-state index >= 15 is 0 Å². The van der Waals surface area contributed by atoms with E-state index in [0.29, 0.717) is 22.1 Å². The van der Waals surface area contributed by atoms with Crippen molar-refractivity contribution in [3.8, 4) is 0 Å². The predicted molar refractivity (Wildman–Crippen MR) is 84.7 cm³/mol. The van der Waals surface area contributed by atoms with Crippen LogP contribution in [0.15, 0.2) is 41.2 Å². The maximum absolute atomic E-state index is 12.1. The standard InChI is InChI=1S/C16H13N3O3S/c20-13-8-12(9-22-15(21)11-4-2-1-3-5-11)17-16-19(13)18-14(23-16)10-6-7-10/h1-5,8,10H,6-7,9H2. The summed E-state index contributed by atoms with van der Waals surface area (Å²) < 4.78 is 6.54. The lowest BCUT2D eigenvalue weighted by molar-refractivity contribution is 0.0468. The molecular formula is C16H13N3O3S. The van der Waals surface area contributed by atoms with E-state index in [1.807, 2.05) is 6.07 Å². The Balaban J connectivity index is 1.55. The van der Waals surface area contributed by atoms with E-state index < -0.39 is 5.97 Å². The second-order valence-electron chi connectivity index (χ2n) is 5.44. The Morgan fingerprint density at radius 2 is 2.09 bits per heavy atom. The first kappa shape index (κ1) is 14.1. The van der Waals surface area contributed by atoms with E-state index in [1.165, 1.54) is 21.9 Å². The van der Waals surface area contributed by atoms with Crippen LogP contribution in [0.5, 0.6) is 0 Å². The molecule has 0 radical (unpaired) electrons. The van der Waals surface area contributed by atoms with Gasteiger partial charge in [-0.2, -0.15) is 9.61 Å². The van der Waals surface area contributed by atoms with Gasteiger partial charge in [0.25, 0.3) is 5.56 Å². The quantitative estimate of drug-likeness (QED) is 0.688. The molecule has 0 aliphatic heterocycles. The number of carbonyl (C=O) groups is 1. The molecular weight excluding hydrogens is 314 g/mol. The second kappa shape index (κ2) is 5.58. The zero-order chi connectivity index (χ0) is 15.8. The van der Waals surface area contributed by atoms with Crippen LogP contribution in [0.3, 0.4) is 0 Å². The summed E-state index contributed by atoms with van der Waals surface area (Å²) in [5, 5.41) is 5.26. The van der Waals surface area contributed by atoms with Crippen LogP contribution < -0.4 is 5.56 Å². The molecule has 2 heterocycles. The van der Waals surface area contributed by atoms with Crippen LogP contribution in [0.25, 0.3) is 4.96 Å². The first-order valence-electron chi connectivity index (χ1n) is 7.32. The van der Waals surface area contributed by atoms with Gasteiger partial charge in [0, 0.05) is 12.0 Å². The molecule has 1 fully saturated rings. The third-order valence-electron chi connectivity index (χ3n) is 3.60. The first-order valence-corrected chi connectivity index (χ1v) is 8.14. The van der Waals surface area contributed by atoms with Crippen molar-refractivity contribution in [2.24, 2.45) is 0 Å². The van der Waals surface area contributed by atoms with Crippen LogP contribution in [0.1, 0.15) is 39.8 Å². The molecule has 3 aromatic rings. The molecule has 23 heavy (non-hydrogen) atoms. The largest absolute Gasteiger partial charge is 0.456 e. The molecule has 1 aliphatic rings. The van der Waals surface area contributed by atoms with Crippen LogP contribution >= 0.6 is 11.3 Å². The van der Waals surface area contributed by atoms with Crippen LogP contribution in [-0.2, 0) is 11.3 Å². The summed E-state index contributed by atoms with van der Waals surface area (Å²) in [6.07, 6.45) is 2.24. The van der Waals surface area contributed by atoms with Gasteiger partial charge in [-0.1, -0.05) is 29.5 Å². The monoisotopic (exact) mass is 327 g/mol. The lowest BCUT2D eigenvalue weighted by Crippen LogP contribution is -2.16. The van der Waals surface area contributed by atoms with Gasteiger partial charge in [-0.05, 0) is 25.0 Å². The fraction of sp³-hybridized carbons (Fsp3) is 0.250. The average molecular weight is 327 g/mol. The Hall–Kier alpha value is -2.54. The summed E-state index contributed by atoms with van der Waals surface area (Å²) in [6, 6.07) is 10.1. The van der Waals surface area contributed by atoms with Gasteiger partial charge in [0.05, 0.1) is 11.3 Å². The van der Waals surface area contributed by atoms with Crippen LogP contribution in [-0.4, -0.2) is 20.6 Å². The maximum Gasteiger partial charge on any atom is 0.338 e. The highest BCUT2D eigenvalue weighted by Gasteiger charge is 2.28. The van der Waals surface area contributed by atoms with Crippen LogP contribution in [0.4, 0.5) is 0 Å². The number of carbonyl (C=O) groups excluding carboxylic acids is 1. The van der Waals surface area contributed by atoms with Gasteiger partial charge in [-0.15, -0.1) is 0 Å². The number of aromatic nitrogens is 3. The molecule has 1 aliphatic carbocycles. The summed E-state index contributed by atoms with van der Waals surface area (Å²) in [4.78, 5) is 28.9. The third kappa shape index (κ3) is 2.87. The van der Waals surface area contributed by atoms with Gasteiger partial charge in [-0.25, -0.2) is 9.78 Å². The van der Waals surface area contributed by atoms with E-state index in [1.54, 1.807) is 24.3 Å². The molecule has 116 valence electrons. The van der Waals surface area contributed by atoms with Crippen LogP contribution in [0, 0.1) is 0 Å². The van der Waals surface area contributed by atoms with Crippen molar-refractivity contribution in [2.75, 3.05) is 0 Å². The van der Waals surface area contributed by atoms with Gasteiger partial charge in [0.2, 0.25) is 4.96 Å². The highest BCUT2D eigenvalue weighted by Crippen LogP contribution is 2.41. The summed E-state index contributed by atoms with van der Waals surface area (Å²) in [5.74, 6) is 0.0380. The molecule has 4 rings (SSSR count). The second-order valence-corrected chi connectivity index (χ2v) is 6.42. The van der Waals surface area contributed by atoms with Crippen molar-refractivity contribution in [3.63, 3.8) is 0 Å². The van der Waals surface area contributed by atoms with Crippen molar-refractivity contribution >= 4 is 22.3 Å². The molecule has 1 saturated carbocycles. The zero-order valence-electron chi connectivity index (χ0n) is 12.1. The van der Waals surface area contributed by atoms with Gasteiger partial charge >= 0.3 is 5.97 Å². The highest BCUT2D eigenvalue weighted by atomic mass is 32.1. The Kier molecular flexibility index (Phi) is 3.42. The number of fused-ring (bicyclic) bond motifs is 1. The number of benzene rings is 1. The first-order chi connectivity index (χ1) is 11.2. The van der Waals surface area contributed by atoms with Crippen molar-refractivity contribution in [1.29, 1.82) is 0 Å². The molecule has 1 aromatic carbocycles. The number of ether oxygens (including phenoxy) is 1. The smallest absolute Gasteiger partial charge is 0.338 e. The number of nitrogens with zero attached hydrogens (tertiary/aromatic N) is 3. The molecule has 0 amide bonds. The fourth-order valence-corrected chi connectivity index (χ4v) is 3.33. The van der Waals surface area contributed by atoms with Gasteiger partial charge in [-0.3, -0.25) is 4.79 Å². The topological polar surface area (TPSA) is 73.6 Å². The minimum absolute atomic E-state index is 0.0316. The molecule has 0 atom stereocenters. The summed E-state index contributed by atoms with van der Waals surface area (Å²) in [6.45, 7) is -0.0316. The predicted octanol–water partition coefficient (Wildman–Crippen LogP) is 2.39. The molecule has 2 aromatic heterocycles. The Morgan fingerprint density at radius 3 is 2.83 bits per heavy atom. The van der Waals surface area contributed by atoms with Crippen molar-refractivity contribution in [1.82, 2.24) is 14.6 Å². The number of hydrogen-bond acceptors (Lipinski definition) is 6. The lowest BCUT2D eigenvalue weighted by Gasteiger charge is -2.04. The molecule has 7 heteroatoms. The average Bonchev–Trinajstić information content (AvgIpc) is 3.33. The Morgan fingerprint density at radius 1 is 1.30 bits per heavy atom. The minimum Gasteiger partial charge on any atom is -0.456 e. The Bertz CT molecular complexity index is 929. The van der Waals surface area contributed by atoms with Gasteiger partial charge < -0.3 is 4.74 Å². The summed E-state index contributed by atoms with van der Waals surface area (Å²) >= 11 is 1.43. The van der Waals surface area contributed by atoms with E-state index in [0.717, 1.165) is 17.8 Å². The third-order valence-corrected chi connectivity index (χ3v) is 4.67. The number of esters is 1. The molecule has 0 saturated heterocycles. The molecule has 0 unspecified atom stereocenters. The van der Waals surface area contributed by atoms with Crippen LogP contribution in [0.2, 0.25) is 0 Å². The number of rotatable bonds is 4.